The van der Waals surface area contributed by atoms with Crippen LogP contribution < -0.4 is 10.6 Å². The summed E-state index contributed by atoms with van der Waals surface area (Å²) in [5.74, 6) is 0. The van der Waals surface area contributed by atoms with E-state index in [0.29, 0.717) is 25.8 Å². The highest BCUT2D eigenvalue weighted by Crippen LogP contribution is 2.19. The lowest BCUT2D eigenvalue weighted by Crippen LogP contribution is -2.37. The predicted molar refractivity (Wildman–Crippen MR) is 95.9 cm³/mol. The summed E-state index contributed by atoms with van der Waals surface area (Å²) in [5.41, 5.74) is 1.10. The maximum Gasteiger partial charge on any atom is 0.315 e. The van der Waals surface area contributed by atoms with Crippen molar-refractivity contribution in [3.05, 3.63) is 29.8 Å². The molecule has 23 heavy (non-hydrogen) atoms. The second-order valence-corrected chi connectivity index (χ2v) is 6.82. The molecule has 4 nitrogen and oxygen atoms in total. The first-order valence-corrected chi connectivity index (χ1v) is 9.76. The Labute approximate surface area is 143 Å². The van der Waals surface area contributed by atoms with E-state index in [1.807, 2.05) is 12.1 Å². The standard InChI is InChI=1S/C18H28N2O2S/c1-23-17-10-8-15(9-11-17)14-20-18(21)19-12-13-22-16-6-4-2-3-5-7-16/h8-11,16H,2-7,12-14H2,1H3,(H2,19,20,21). The van der Waals surface area contributed by atoms with Gasteiger partial charge in [0.2, 0.25) is 0 Å². The Kier molecular flexibility index (Phi) is 8.32. The van der Waals surface area contributed by atoms with Crippen LogP contribution in [0.4, 0.5) is 4.79 Å². The lowest BCUT2D eigenvalue weighted by Gasteiger charge is -2.15. The monoisotopic (exact) mass is 336 g/mol. The molecule has 1 aromatic carbocycles. The van der Waals surface area contributed by atoms with Crippen LogP contribution in [-0.2, 0) is 11.3 Å². The zero-order valence-electron chi connectivity index (χ0n) is 14.0. The summed E-state index contributed by atoms with van der Waals surface area (Å²) in [4.78, 5) is 13.0. The van der Waals surface area contributed by atoms with Crippen molar-refractivity contribution in [3.63, 3.8) is 0 Å². The van der Waals surface area contributed by atoms with Crippen LogP contribution in [0.1, 0.15) is 44.1 Å². The van der Waals surface area contributed by atoms with Gasteiger partial charge in [-0.25, -0.2) is 4.79 Å². The average molecular weight is 337 g/mol. The minimum absolute atomic E-state index is 0.136. The van der Waals surface area contributed by atoms with Gasteiger partial charge in [0.25, 0.3) is 0 Å². The fourth-order valence-corrected chi connectivity index (χ4v) is 3.20. The summed E-state index contributed by atoms with van der Waals surface area (Å²) < 4.78 is 5.86. The third kappa shape index (κ3) is 7.27. The smallest absolute Gasteiger partial charge is 0.315 e. The van der Waals surface area contributed by atoms with Gasteiger partial charge in [0.05, 0.1) is 12.7 Å². The van der Waals surface area contributed by atoms with Crippen LogP contribution in [-0.4, -0.2) is 31.5 Å². The number of benzene rings is 1. The third-order valence-electron chi connectivity index (χ3n) is 4.16. The van der Waals surface area contributed by atoms with Gasteiger partial charge in [0.1, 0.15) is 0 Å². The van der Waals surface area contributed by atoms with Crippen molar-refractivity contribution < 1.29 is 9.53 Å². The largest absolute Gasteiger partial charge is 0.376 e. The Hall–Kier alpha value is -1.20. The summed E-state index contributed by atoms with van der Waals surface area (Å²) in [6.07, 6.45) is 9.98. The number of ether oxygens (including phenoxy) is 1. The van der Waals surface area contributed by atoms with E-state index in [1.54, 1.807) is 11.8 Å². The predicted octanol–water partition coefficient (Wildman–Crippen LogP) is 3.95. The zero-order chi connectivity index (χ0) is 16.3. The quantitative estimate of drug-likeness (QED) is 0.450. The van der Waals surface area contributed by atoms with E-state index in [4.69, 9.17) is 4.74 Å². The van der Waals surface area contributed by atoms with Crippen LogP contribution in [0.25, 0.3) is 0 Å². The maximum absolute atomic E-state index is 11.8. The van der Waals surface area contributed by atoms with Crippen molar-refractivity contribution in [2.45, 2.75) is 56.1 Å². The number of amides is 2. The molecule has 1 aliphatic rings. The lowest BCUT2D eigenvalue weighted by atomic mass is 10.1. The molecule has 2 N–H and O–H groups in total. The first-order chi connectivity index (χ1) is 11.3. The van der Waals surface area contributed by atoms with Gasteiger partial charge in [-0.15, -0.1) is 11.8 Å². The van der Waals surface area contributed by atoms with Crippen molar-refractivity contribution >= 4 is 17.8 Å². The Balaban J connectivity index is 1.55. The average Bonchev–Trinajstić information content (AvgIpc) is 2.86. The number of hydrogen-bond donors (Lipinski definition) is 2. The van der Waals surface area contributed by atoms with Crippen molar-refractivity contribution in [1.82, 2.24) is 10.6 Å². The molecule has 1 fully saturated rings. The molecule has 2 rings (SSSR count). The molecule has 0 bridgehead atoms. The van der Waals surface area contributed by atoms with Crippen molar-refractivity contribution in [2.75, 3.05) is 19.4 Å². The number of thioether (sulfide) groups is 1. The summed E-state index contributed by atoms with van der Waals surface area (Å²) >= 11 is 1.71. The molecule has 0 unspecified atom stereocenters. The minimum atomic E-state index is -0.136. The Bertz CT molecular complexity index is 457. The fourth-order valence-electron chi connectivity index (χ4n) is 2.79. The van der Waals surface area contributed by atoms with Gasteiger partial charge in [-0.2, -0.15) is 0 Å². The highest BCUT2D eigenvalue weighted by Gasteiger charge is 2.12. The molecule has 2 amide bonds. The van der Waals surface area contributed by atoms with E-state index in [9.17, 15) is 4.79 Å². The van der Waals surface area contributed by atoms with Crippen LogP contribution >= 0.6 is 11.8 Å². The highest BCUT2D eigenvalue weighted by atomic mass is 32.2. The highest BCUT2D eigenvalue weighted by molar-refractivity contribution is 7.98. The molecule has 0 heterocycles. The molecule has 1 aliphatic carbocycles. The second kappa shape index (κ2) is 10.6. The first-order valence-electron chi connectivity index (χ1n) is 8.54. The number of nitrogens with one attached hydrogen (secondary N) is 2. The first kappa shape index (κ1) is 18.1. The van der Waals surface area contributed by atoms with Gasteiger partial charge < -0.3 is 15.4 Å². The summed E-state index contributed by atoms with van der Waals surface area (Å²) in [6, 6.07) is 8.09. The van der Waals surface area contributed by atoms with E-state index in [-0.39, 0.29) is 6.03 Å². The van der Waals surface area contributed by atoms with E-state index >= 15 is 0 Å². The number of hydrogen-bond acceptors (Lipinski definition) is 3. The van der Waals surface area contributed by atoms with Gasteiger partial charge in [-0.05, 0) is 36.8 Å². The Morgan fingerprint density at radius 1 is 1.13 bits per heavy atom. The van der Waals surface area contributed by atoms with E-state index in [0.717, 1.165) is 18.4 Å². The number of rotatable bonds is 7. The molecule has 128 valence electrons. The molecule has 0 aliphatic heterocycles. The molecule has 0 aromatic heterocycles. The van der Waals surface area contributed by atoms with Gasteiger partial charge in [-0.1, -0.05) is 37.8 Å². The summed E-state index contributed by atoms with van der Waals surface area (Å²) in [6.45, 7) is 1.71. The van der Waals surface area contributed by atoms with Crippen LogP contribution in [0.5, 0.6) is 0 Å². The SMILES string of the molecule is CSc1ccc(CNC(=O)NCCOC2CCCCCC2)cc1. The molecule has 0 saturated heterocycles. The van der Waals surface area contributed by atoms with E-state index < -0.39 is 0 Å². The number of carbonyl (C=O) groups excluding carboxylic acids is 1. The maximum atomic E-state index is 11.8. The lowest BCUT2D eigenvalue weighted by molar-refractivity contribution is 0.0460. The van der Waals surface area contributed by atoms with Gasteiger partial charge >= 0.3 is 6.03 Å². The van der Waals surface area contributed by atoms with E-state index in [1.165, 1.54) is 30.6 Å². The molecule has 0 spiro atoms. The van der Waals surface area contributed by atoms with Gasteiger partial charge in [-0.3, -0.25) is 0 Å². The second-order valence-electron chi connectivity index (χ2n) is 5.94. The van der Waals surface area contributed by atoms with Crippen molar-refractivity contribution in [1.29, 1.82) is 0 Å². The molecule has 1 saturated carbocycles. The molecule has 1 aromatic rings. The third-order valence-corrected chi connectivity index (χ3v) is 4.90. The molecule has 0 radical (unpaired) electrons. The minimum Gasteiger partial charge on any atom is -0.376 e. The van der Waals surface area contributed by atoms with Crippen LogP contribution in [0.15, 0.2) is 29.2 Å². The zero-order valence-corrected chi connectivity index (χ0v) is 14.8. The van der Waals surface area contributed by atoms with Crippen LogP contribution in [0.2, 0.25) is 0 Å². The Morgan fingerprint density at radius 3 is 2.48 bits per heavy atom. The van der Waals surface area contributed by atoms with Gasteiger partial charge in [0, 0.05) is 18.0 Å². The van der Waals surface area contributed by atoms with Crippen LogP contribution in [0, 0.1) is 0 Å². The normalized spacial score (nSPS) is 15.9. The number of urea groups is 1. The van der Waals surface area contributed by atoms with E-state index in [2.05, 4.69) is 29.0 Å². The van der Waals surface area contributed by atoms with Crippen molar-refractivity contribution in [3.8, 4) is 0 Å². The summed E-state index contributed by atoms with van der Waals surface area (Å²) in [7, 11) is 0. The molecular weight excluding hydrogens is 308 g/mol. The van der Waals surface area contributed by atoms with Crippen LogP contribution in [0.3, 0.4) is 0 Å². The van der Waals surface area contributed by atoms with Gasteiger partial charge in [0.15, 0.2) is 0 Å². The fraction of sp³-hybridized carbons (Fsp3) is 0.611. The number of carbonyl (C=O) groups is 1. The molecule has 5 heteroatoms. The molecule has 0 atom stereocenters. The summed E-state index contributed by atoms with van der Waals surface area (Å²) in [5, 5.41) is 5.72. The topological polar surface area (TPSA) is 50.4 Å². The molecular formula is C18H28N2O2S. The Morgan fingerprint density at radius 2 is 1.83 bits per heavy atom. The van der Waals surface area contributed by atoms with Crippen molar-refractivity contribution in [2.24, 2.45) is 0 Å².